The van der Waals surface area contributed by atoms with E-state index in [1.165, 1.54) is 4.90 Å². The Hall–Kier alpha value is -2.74. The number of benzene rings is 2. The van der Waals surface area contributed by atoms with E-state index in [4.69, 9.17) is 23.2 Å². The molecular formula is C24H19Cl2N3O3S. The highest BCUT2D eigenvalue weighted by Gasteiger charge is 2.35. The van der Waals surface area contributed by atoms with Crippen molar-refractivity contribution in [3.63, 3.8) is 0 Å². The number of carbonyl (C=O) groups is 3. The van der Waals surface area contributed by atoms with Gasteiger partial charge < -0.3 is 9.88 Å². The number of hydrogen-bond donors (Lipinski definition) is 1. The molecule has 0 bridgehead atoms. The van der Waals surface area contributed by atoms with E-state index in [2.05, 4.69) is 5.32 Å². The van der Waals surface area contributed by atoms with Gasteiger partial charge in [-0.25, -0.2) is 0 Å². The van der Waals surface area contributed by atoms with Crippen LogP contribution in [0, 0.1) is 0 Å². The van der Waals surface area contributed by atoms with Crippen LogP contribution in [0.4, 0.5) is 4.79 Å². The molecule has 1 saturated carbocycles. The third-order valence-electron chi connectivity index (χ3n) is 5.56. The zero-order valence-corrected chi connectivity index (χ0v) is 19.7. The minimum absolute atomic E-state index is 0.0354. The molecule has 3 amide bonds. The predicted molar refractivity (Wildman–Crippen MR) is 131 cm³/mol. The fourth-order valence-corrected chi connectivity index (χ4v) is 4.92. The lowest BCUT2D eigenvalue weighted by molar-refractivity contribution is -0.123. The van der Waals surface area contributed by atoms with E-state index < -0.39 is 0 Å². The Morgan fingerprint density at radius 2 is 1.91 bits per heavy atom. The number of fused-ring (bicyclic) bond motifs is 1. The van der Waals surface area contributed by atoms with Crippen LogP contribution < -0.4 is 5.32 Å². The number of hydrogen-bond acceptors (Lipinski definition) is 4. The van der Waals surface area contributed by atoms with Gasteiger partial charge in [-0.05, 0) is 54.4 Å². The topological polar surface area (TPSA) is 71.4 Å². The molecule has 2 aromatic carbocycles. The molecule has 9 heteroatoms. The predicted octanol–water partition coefficient (Wildman–Crippen LogP) is 5.46. The summed E-state index contributed by atoms with van der Waals surface area (Å²) in [5.74, 6) is -0.397. The molecule has 1 aliphatic carbocycles. The van der Waals surface area contributed by atoms with Crippen LogP contribution in [0.25, 0.3) is 17.0 Å². The molecular weight excluding hydrogens is 481 g/mol. The van der Waals surface area contributed by atoms with Crippen LogP contribution in [0.5, 0.6) is 0 Å². The van der Waals surface area contributed by atoms with Gasteiger partial charge in [-0.2, -0.15) is 0 Å². The Morgan fingerprint density at radius 3 is 2.67 bits per heavy atom. The molecule has 6 nitrogen and oxygen atoms in total. The molecule has 0 radical (unpaired) electrons. The minimum atomic E-state index is -0.362. The third-order valence-corrected chi connectivity index (χ3v) is 7.21. The normalized spacial score (nSPS) is 17.4. The van der Waals surface area contributed by atoms with Crippen LogP contribution in [0.2, 0.25) is 10.0 Å². The summed E-state index contributed by atoms with van der Waals surface area (Å²) in [4.78, 5) is 39.5. The summed E-state index contributed by atoms with van der Waals surface area (Å²) in [5, 5.41) is 4.35. The van der Waals surface area contributed by atoms with Gasteiger partial charge in [-0.15, -0.1) is 0 Å². The SMILES string of the molecule is O=C(Cn1cc(/C=C2\SC(=O)N(Cc3ccc(Cl)c(Cl)c3)C2=O)c2ccccc21)NC1CC1. The van der Waals surface area contributed by atoms with Crippen molar-refractivity contribution in [1.82, 2.24) is 14.8 Å². The largest absolute Gasteiger partial charge is 0.352 e. The molecule has 2 aliphatic rings. The second-order valence-electron chi connectivity index (χ2n) is 8.09. The molecule has 1 aliphatic heterocycles. The van der Waals surface area contributed by atoms with Gasteiger partial charge in [0.25, 0.3) is 11.1 Å². The van der Waals surface area contributed by atoms with E-state index in [9.17, 15) is 14.4 Å². The zero-order valence-electron chi connectivity index (χ0n) is 17.4. The molecule has 3 aromatic rings. The zero-order chi connectivity index (χ0) is 23.1. The summed E-state index contributed by atoms with van der Waals surface area (Å²) in [6, 6.07) is 13.0. The number of halogens is 2. The number of rotatable bonds is 6. The van der Waals surface area contributed by atoms with Crippen molar-refractivity contribution >= 4 is 69.0 Å². The van der Waals surface area contributed by atoms with Crippen LogP contribution in [0.15, 0.2) is 53.6 Å². The number of thioether (sulfide) groups is 1. The first-order valence-corrected chi connectivity index (χ1v) is 12.0. The second-order valence-corrected chi connectivity index (χ2v) is 9.90. The maximum absolute atomic E-state index is 13.0. The summed E-state index contributed by atoms with van der Waals surface area (Å²) in [6.07, 6.45) is 5.63. The van der Waals surface area contributed by atoms with Crippen LogP contribution in [0.3, 0.4) is 0 Å². The molecule has 0 spiro atoms. The molecule has 1 aromatic heterocycles. The van der Waals surface area contributed by atoms with Gasteiger partial charge in [0, 0.05) is 28.7 Å². The lowest BCUT2D eigenvalue weighted by Crippen LogP contribution is -2.29. The van der Waals surface area contributed by atoms with Gasteiger partial charge in [-0.1, -0.05) is 47.5 Å². The van der Waals surface area contributed by atoms with Gasteiger partial charge in [0.15, 0.2) is 0 Å². The average Bonchev–Trinajstić information content (AvgIpc) is 3.49. The van der Waals surface area contributed by atoms with Gasteiger partial charge in [-0.3, -0.25) is 19.3 Å². The van der Waals surface area contributed by atoms with Crippen LogP contribution >= 0.6 is 35.0 Å². The number of aromatic nitrogens is 1. The highest BCUT2D eigenvalue weighted by Crippen LogP contribution is 2.35. The summed E-state index contributed by atoms with van der Waals surface area (Å²) >= 11 is 12.9. The van der Waals surface area contributed by atoms with Gasteiger partial charge in [0.05, 0.1) is 21.5 Å². The quantitative estimate of drug-likeness (QED) is 0.456. The van der Waals surface area contributed by atoms with Crippen molar-refractivity contribution in [1.29, 1.82) is 0 Å². The summed E-state index contributed by atoms with van der Waals surface area (Å²) < 4.78 is 1.87. The van der Waals surface area contributed by atoms with Crippen LogP contribution in [-0.4, -0.2) is 32.6 Å². The van der Waals surface area contributed by atoms with Gasteiger partial charge in [0.1, 0.15) is 6.54 Å². The third kappa shape index (κ3) is 4.67. The molecule has 0 atom stereocenters. The molecule has 2 heterocycles. The van der Waals surface area contributed by atoms with Gasteiger partial charge in [0.2, 0.25) is 5.91 Å². The number of carbonyl (C=O) groups excluding carboxylic acids is 3. The smallest absolute Gasteiger partial charge is 0.293 e. The summed E-state index contributed by atoms with van der Waals surface area (Å²) in [6.45, 7) is 0.311. The van der Waals surface area contributed by atoms with E-state index in [0.717, 1.165) is 41.1 Å². The summed E-state index contributed by atoms with van der Waals surface area (Å²) in [7, 11) is 0. The molecule has 1 saturated heterocycles. The highest BCUT2D eigenvalue weighted by molar-refractivity contribution is 8.18. The Kier molecular flexibility index (Phi) is 5.95. The lowest BCUT2D eigenvalue weighted by Gasteiger charge is -2.12. The van der Waals surface area contributed by atoms with Gasteiger partial charge >= 0.3 is 0 Å². The molecule has 2 fully saturated rings. The van der Waals surface area contributed by atoms with E-state index in [1.807, 2.05) is 35.0 Å². The number of para-hydroxylation sites is 1. The first-order valence-electron chi connectivity index (χ1n) is 10.5. The average molecular weight is 500 g/mol. The Bertz CT molecular complexity index is 1330. The monoisotopic (exact) mass is 499 g/mol. The van der Waals surface area contributed by atoms with E-state index in [1.54, 1.807) is 24.3 Å². The van der Waals surface area contributed by atoms with Crippen molar-refractivity contribution in [2.45, 2.75) is 32.0 Å². The maximum Gasteiger partial charge on any atom is 0.293 e. The van der Waals surface area contributed by atoms with Crippen molar-refractivity contribution in [2.24, 2.45) is 0 Å². The molecule has 5 rings (SSSR count). The minimum Gasteiger partial charge on any atom is -0.352 e. The molecule has 0 unspecified atom stereocenters. The van der Waals surface area contributed by atoms with E-state index in [0.29, 0.717) is 26.6 Å². The van der Waals surface area contributed by atoms with Crippen molar-refractivity contribution < 1.29 is 14.4 Å². The fourth-order valence-electron chi connectivity index (χ4n) is 3.77. The molecule has 168 valence electrons. The fraction of sp³-hybridized carbons (Fsp3) is 0.208. The Labute approximate surface area is 204 Å². The first kappa shape index (κ1) is 22.1. The number of nitrogens with one attached hydrogen (secondary N) is 1. The maximum atomic E-state index is 13.0. The number of nitrogens with zero attached hydrogens (tertiary/aromatic N) is 2. The highest BCUT2D eigenvalue weighted by atomic mass is 35.5. The first-order chi connectivity index (χ1) is 15.9. The van der Waals surface area contributed by atoms with E-state index >= 15 is 0 Å². The van der Waals surface area contributed by atoms with Crippen molar-refractivity contribution in [3.8, 4) is 0 Å². The Morgan fingerprint density at radius 1 is 1.12 bits per heavy atom. The molecule has 1 N–H and O–H groups in total. The number of amides is 3. The standard InChI is InChI=1S/C24H19Cl2N3O3S/c25-18-8-5-14(9-19(18)26)11-29-23(31)21(33-24(29)32)10-15-12-28(13-22(30)27-16-6-7-16)20-4-2-1-3-17(15)20/h1-5,8-10,12,16H,6-7,11,13H2,(H,27,30)/b21-10-. The number of imide groups is 1. The molecule has 33 heavy (non-hydrogen) atoms. The van der Waals surface area contributed by atoms with Crippen LogP contribution in [0.1, 0.15) is 24.0 Å². The lowest BCUT2D eigenvalue weighted by atomic mass is 10.1. The van der Waals surface area contributed by atoms with Crippen molar-refractivity contribution in [3.05, 3.63) is 74.7 Å². The summed E-state index contributed by atoms with van der Waals surface area (Å²) in [5.41, 5.74) is 2.39. The second kappa shape index (κ2) is 8.89. The van der Waals surface area contributed by atoms with Crippen molar-refractivity contribution in [2.75, 3.05) is 0 Å². The Balaban J connectivity index is 1.41. The van der Waals surface area contributed by atoms with E-state index in [-0.39, 0.29) is 30.1 Å². The van der Waals surface area contributed by atoms with Crippen LogP contribution in [-0.2, 0) is 22.7 Å².